The van der Waals surface area contributed by atoms with Gasteiger partial charge < -0.3 is 21.3 Å². The number of aliphatic hydroxyl groups excluding tert-OH is 2. The van der Waals surface area contributed by atoms with E-state index in [0.717, 1.165) is 0 Å². The Hall–Kier alpha value is -0.650. The first-order valence-electron chi connectivity index (χ1n) is 4.86. The zero-order valence-electron chi connectivity index (χ0n) is 8.31. The predicted molar refractivity (Wildman–Crippen MR) is 51.4 cm³/mol. The van der Waals surface area contributed by atoms with E-state index in [-0.39, 0.29) is 30.5 Å². The molecule has 0 aliphatic heterocycles. The highest BCUT2D eigenvalue weighted by atomic mass is 16.3. The Balaban J connectivity index is 2.55. The maximum absolute atomic E-state index is 10.8. The van der Waals surface area contributed by atoms with Crippen LogP contribution in [-0.4, -0.2) is 40.9 Å². The SMILES string of the molecule is CC(=O)NC(CO)[C@@H]1C[C@@H](O)C[C@@H]1N. The van der Waals surface area contributed by atoms with Crippen molar-refractivity contribution in [3.63, 3.8) is 0 Å². The van der Waals surface area contributed by atoms with Gasteiger partial charge in [-0.2, -0.15) is 0 Å². The second-order valence-electron chi connectivity index (χ2n) is 3.94. The number of aliphatic hydroxyl groups is 2. The molecule has 82 valence electrons. The minimum Gasteiger partial charge on any atom is -0.394 e. The molecule has 1 aliphatic carbocycles. The first kappa shape index (κ1) is 11.4. The van der Waals surface area contributed by atoms with Gasteiger partial charge in [0.1, 0.15) is 0 Å². The number of hydrogen-bond acceptors (Lipinski definition) is 4. The quantitative estimate of drug-likeness (QED) is 0.452. The van der Waals surface area contributed by atoms with E-state index in [4.69, 9.17) is 10.8 Å². The van der Waals surface area contributed by atoms with Gasteiger partial charge in [-0.1, -0.05) is 0 Å². The molecule has 1 aliphatic rings. The number of hydrogen-bond donors (Lipinski definition) is 4. The van der Waals surface area contributed by atoms with Crippen molar-refractivity contribution in [1.82, 2.24) is 5.32 Å². The van der Waals surface area contributed by atoms with E-state index in [9.17, 15) is 9.90 Å². The van der Waals surface area contributed by atoms with Crippen molar-refractivity contribution in [1.29, 1.82) is 0 Å². The van der Waals surface area contributed by atoms with Crippen LogP contribution >= 0.6 is 0 Å². The maximum Gasteiger partial charge on any atom is 0.217 e. The molecule has 1 saturated carbocycles. The molecule has 1 rings (SSSR count). The molecule has 0 radical (unpaired) electrons. The summed E-state index contributed by atoms with van der Waals surface area (Å²) in [5, 5.41) is 21.1. The van der Waals surface area contributed by atoms with Crippen LogP contribution in [-0.2, 0) is 4.79 Å². The summed E-state index contributed by atoms with van der Waals surface area (Å²) >= 11 is 0. The van der Waals surface area contributed by atoms with Gasteiger partial charge in [0.15, 0.2) is 0 Å². The summed E-state index contributed by atoms with van der Waals surface area (Å²) in [5.41, 5.74) is 5.80. The van der Waals surface area contributed by atoms with Crippen molar-refractivity contribution in [3.8, 4) is 0 Å². The number of nitrogens with one attached hydrogen (secondary N) is 1. The van der Waals surface area contributed by atoms with Crippen molar-refractivity contribution in [3.05, 3.63) is 0 Å². The van der Waals surface area contributed by atoms with Gasteiger partial charge in [0.05, 0.1) is 18.8 Å². The lowest BCUT2D eigenvalue weighted by Gasteiger charge is -2.25. The highest BCUT2D eigenvalue weighted by molar-refractivity contribution is 5.73. The van der Waals surface area contributed by atoms with Crippen LogP contribution in [0.4, 0.5) is 0 Å². The first-order valence-corrected chi connectivity index (χ1v) is 4.86. The molecule has 5 N–H and O–H groups in total. The largest absolute Gasteiger partial charge is 0.394 e. The molecule has 0 heterocycles. The van der Waals surface area contributed by atoms with Crippen LogP contribution in [0.3, 0.4) is 0 Å². The Morgan fingerprint density at radius 1 is 1.64 bits per heavy atom. The second-order valence-corrected chi connectivity index (χ2v) is 3.94. The van der Waals surface area contributed by atoms with Gasteiger partial charge in [0.2, 0.25) is 5.91 Å². The zero-order chi connectivity index (χ0) is 10.7. The molecule has 14 heavy (non-hydrogen) atoms. The summed E-state index contributed by atoms with van der Waals surface area (Å²) in [6, 6.07) is -0.478. The standard InChI is InChI=1S/C9H18N2O3/c1-5(13)11-9(4-12)7-2-6(14)3-8(7)10/h6-9,12,14H,2-4,10H2,1H3,(H,11,13)/t6-,7-,8+,9?/m1/s1. The molecule has 0 aromatic rings. The lowest BCUT2D eigenvalue weighted by molar-refractivity contribution is -0.120. The van der Waals surface area contributed by atoms with Crippen LogP contribution < -0.4 is 11.1 Å². The third kappa shape index (κ3) is 2.67. The van der Waals surface area contributed by atoms with Crippen LogP contribution in [0.2, 0.25) is 0 Å². The van der Waals surface area contributed by atoms with E-state index in [2.05, 4.69) is 5.32 Å². The first-order chi connectivity index (χ1) is 6.54. The van der Waals surface area contributed by atoms with Crippen molar-refractivity contribution >= 4 is 5.91 Å². The van der Waals surface area contributed by atoms with Crippen LogP contribution in [0, 0.1) is 5.92 Å². The molecule has 0 bridgehead atoms. The van der Waals surface area contributed by atoms with Gasteiger partial charge in [-0.15, -0.1) is 0 Å². The lowest BCUT2D eigenvalue weighted by atomic mass is 9.95. The van der Waals surface area contributed by atoms with E-state index in [1.807, 2.05) is 0 Å². The Labute approximate surface area is 83.3 Å². The summed E-state index contributed by atoms with van der Waals surface area (Å²) in [6.07, 6.45) is 0.686. The molecule has 0 spiro atoms. The van der Waals surface area contributed by atoms with Crippen molar-refractivity contribution in [2.24, 2.45) is 11.7 Å². The Morgan fingerprint density at radius 3 is 2.64 bits per heavy atom. The summed E-state index contributed by atoms with van der Waals surface area (Å²) in [5.74, 6) is -0.212. The van der Waals surface area contributed by atoms with Gasteiger partial charge in [-0.3, -0.25) is 4.79 Å². The molecule has 0 aromatic carbocycles. The molecule has 1 unspecified atom stereocenters. The lowest BCUT2D eigenvalue weighted by Crippen LogP contribution is -2.46. The minimum absolute atomic E-state index is 0.0288. The van der Waals surface area contributed by atoms with Gasteiger partial charge in [0, 0.05) is 13.0 Å². The predicted octanol–water partition coefficient (Wildman–Crippen LogP) is -1.42. The second kappa shape index (κ2) is 4.72. The maximum atomic E-state index is 10.8. The Kier molecular flexibility index (Phi) is 3.86. The number of nitrogens with two attached hydrogens (primary N) is 1. The molecule has 1 fully saturated rings. The Morgan fingerprint density at radius 2 is 2.29 bits per heavy atom. The van der Waals surface area contributed by atoms with E-state index < -0.39 is 6.10 Å². The monoisotopic (exact) mass is 202 g/mol. The van der Waals surface area contributed by atoms with Crippen molar-refractivity contribution in [2.45, 2.75) is 38.0 Å². The summed E-state index contributed by atoms with van der Waals surface area (Å²) < 4.78 is 0. The fourth-order valence-corrected chi connectivity index (χ4v) is 2.09. The van der Waals surface area contributed by atoms with Crippen LogP contribution in [0.5, 0.6) is 0 Å². The smallest absolute Gasteiger partial charge is 0.217 e. The molecular weight excluding hydrogens is 184 g/mol. The fourth-order valence-electron chi connectivity index (χ4n) is 2.09. The van der Waals surface area contributed by atoms with Crippen LogP contribution in [0.25, 0.3) is 0 Å². The fraction of sp³-hybridized carbons (Fsp3) is 0.889. The number of carbonyl (C=O) groups excluding carboxylic acids is 1. The minimum atomic E-state index is -0.405. The van der Waals surface area contributed by atoms with E-state index in [0.29, 0.717) is 12.8 Å². The molecule has 4 atom stereocenters. The molecule has 0 saturated heterocycles. The summed E-state index contributed by atoms with van der Waals surface area (Å²) in [6.45, 7) is 1.27. The van der Waals surface area contributed by atoms with Crippen molar-refractivity contribution < 1.29 is 15.0 Å². The van der Waals surface area contributed by atoms with E-state index >= 15 is 0 Å². The van der Waals surface area contributed by atoms with E-state index in [1.54, 1.807) is 0 Å². The van der Waals surface area contributed by atoms with Crippen LogP contribution in [0.15, 0.2) is 0 Å². The number of carbonyl (C=O) groups is 1. The highest BCUT2D eigenvalue weighted by Crippen LogP contribution is 2.27. The van der Waals surface area contributed by atoms with Gasteiger partial charge >= 0.3 is 0 Å². The molecule has 5 nitrogen and oxygen atoms in total. The van der Waals surface area contributed by atoms with Gasteiger partial charge in [-0.05, 0) is 18.8 Å². The Bertz CT molecular complexity index is 210. The topological polar surface area (TPSA) is 95.6 Å². The average molecular weight is 202 g/mol. The highest BCUT2D eigenvalue weighted by Gasteiger charge is 2.36. The third-order valence-corrected chi connectivity index (χ3v) is 2.74. The average Bonchev–Trinajstić information content (AvgIpc) is 2.41. The number of rotatable bonds is 3. The molecule has 5 heteroatoms. The van der Waals surface area contributed by atoms with Crippen molar-refractivity contribution in [2.75, 3.05) is 6.61 Å². The van der Waals surface area contributed by atoms with Gasteiger partial charge in [0.25, 0.3) is 0 Å². The summed E-state index contributed by atoms with van der Waals surface area (Å²) in [7, 11) is 0. The van der Waals surface area contributed by atoms with Gasteiger partial charge in [-0.25, -0.2) is 0 Å². The van der Waals surface area contributed by atoms with Crippen LogP contribution in [0.1, 0.15) is 19.8 Å². The molecule has 1 amide bonds. The normalized spacial score (nSPS) is 34.1. The number of amides is 1. The van der Waals surface area contributed by atoms with E-state index in [1.165, 1.54) is 6.92 Å². The third-order valence-electron chi connectivity index (χ3n) is 2.74. The molecule has 0 aromatic heterocycles. The summed E-state index contributed by atoms with van der Waals surface area (Å²) in [4.78, 5) is 10.8. The zero-order valence-corrected chi connectivity index (χ0v) is 8.31. The molecular formula is C9H18N2O3.